The summed E-state index contributed by atoms with van der Waals surface area (Å²) in [6.45, 7) is 2.07. The van der Waals surface area contributed by atoms with Gasteiger partial charge in [-0.2, -0.15) is 0 Å². The van der Waals surface area contributed by atoms with Gasteiger partial charge < -0.3 is 25.2 Å². The summed E-state index contributed by atoms with van der Waals surface area (Å²) < 4.78 is 10.1. The van der Waals surface area contributed by atoms with Crippen LogP contribution >= 0.6 is 0 Å². The van der Waals surface area contributed by atoms with E-state index < -0.39 is 17.5 Å². The van der Waals surface area contributed by atoms with Crippen LogP contribution in [-0.2, 0) is 14.3 Å². The van der Waals surface area contributed by atoms with Crippen molar-refractivity contribution in [2.24, 2.45) is 0 Å². The molecule has 0 atom stereocenters. The van der Waals surface area contributed by atoms with Gasteiger partial charge in [0.2, 0.25) is 0 Å². The number of rotatable bonds is 9. The summed E-state index contributed by atoms with van der Waals surface area (Å²) in [7, 11) is 1.61. The van der Waals surface area contributed by atoms with Crippen LogP contribution in [0.3, 0.4) is 0 Å². The summed E-state index contributed by atoms with van der Waals surface area (Å²) >= 11 is 0. The van der Waals surface area contributed by atoms with E-state index in [9.17, 15) is 9.59 Å². The molecule has 1 rings (SSSR count). The number of amides is 2. The molecule has 0 aromatic carbocycles. The van der Waals surface area contributed by atoms with Gasteiger partial charge in [-0.05, 0) is 25.7 Å². The van der Waals surface area contributed by atoms with Crippen molar-refractivity contribution < 1.29 is 24.2 Å². The average molecular weight is 274 g/mol. The van der Waals surface area contributed by atoms with Crippen molar-refractivity contribution in [3.8, 4) is 0 Å². The highest BCUT2D eigenvalue weighted by atomic mass is 16.5. The zero-order valence-electron chi connectivity index (χ0n) is 11.2. The predicted molar refractivity (Wildman–Crippen MR) is 68.1 cm³/mol. The van der Waals surface area contributed by atoms with Gasteiger partial charge >= 0.3 is 12.0 Å². The highest BCUT2D eigenvalue weighted by Gasteiger charge is 2.45. The second-order valence-electron chi connectivity index (χ2n) is 4.58. The smallest absolute Gasteiger partial charge is 0.329 e. The Morgan fingerprint density at radius 1 is 1.26 bits per heavy atom. The lowest BCUT2D eigenvalue weighted by atomic mass is 9.77. The van der Waals surface area contributed by atoms with Crippen LogP contribution in [0.1, 0.15) is 25.7 Å². The zero-order chi connectivity index (χ0) is 14.1. The molecule has 0 aromatic heterocycles. The number of carboxylic acid groups (broad SMARTS) is 1. The molecule has 19 heavy (non-hydrogen) atoms. The number of carbonyl (C=O) groups excluding carboxylic acids is 1. The van der Waals surface area contributed by atoms with Crippen molar-refractivity contribution in [3.63, 3.8) is 0 Å². The molecule has 0 heterocycles. The van der Waals surface area contributed by atoms with Gasteiger partial charge in [-0.25, -0.2) is 9.59 Å². The summed E-state index contributed by atoms with van der Waals surface area (Å²) in [5, 5.41) is 14.2. The first kappa shape index (κ1) is 15.7. The fraction of sp³-hybridized carbons (Fsp3) is 0.833. The molecule has 0 radical (unpaired) electrons. The molecular formula is C12H22N2O5. The topological polar surface area (TPSA) is 96.9 Å². The number of carboxylic acids is 1. The van der Waals surface area contributed by atoms with Crippen LogP contribution in [0.5, 0.6) is 0 Å². The average Bonchev–Trinajstić information content (AvgIpc) is 2.32. The minimum atomic E-state index is -1.06. The Morgan fingerprint density at radius 2 is 2.00 bits per heavy atom. The molecule has 1 aliphatic rings. The van der Waals surface area contributed by atoms with Crippen molar-refractivity contribution in [1.29, 1.82) is 0 Å². The molecular weight excluding hydrogens is 252 g/mol. The number of nitrogens with one attached hydrogen (secondary N) is 2. The van der Waals surface area contributed by atoms with E-state index in [2.05, 4.69) is 10.6 Å². The van der Waals surface area contributed by atoms with Crippen molar-refractivity contribution in [1.82, 2.24) is 10.6 Å². The molecule has 0 spiro atoms. The summed E-state index contributed by atoms with van der Waals surface area (Å²) in [5.74, 6) is -0.961. The summed E-state index contributed by atoms with van der Waals surface area (Å²) in [4.78, 5) is 22.6. The van der Waals surface area contributed by atoms with Gasteiger partial charge in [-0.1, -0.05) is 0 Å². The third-order valence-electron chi connectivity index (χ3n) is 3.15. The van der Waals surface area contributed by atoms with E-state index in [1.54, 1.807) is 7.11 Å². The fourth-order valence-corrected chi connectivity index (χ4v) is 1.80. The van der Waals surface area contributed by atoms with Gasteiger partial charge in [-0.3, -0.25) is 0 Å². The van der Waals surface area contributed by atoms with Crippen LogP contribution in [0.4, 0.5) is 4.79 Å². The molecule has 7 heteroatoms. The van der Waals surface area contributed by atoms with E-state index in [1.807, 2.05) is 0 Å². The van der Waals surface area contributed by atoms with Crippen LogP contribution in [0.25, 0.3) is 0 Å². The Bertz CT molecular complexity index is 304. The molecule has 1 saturated carbocycles. The Balaban J connectivity index is 2.06. The van der Waals surface area contributed by atoms with Crippen molar-refractivity contribution in [2.75, 3.05) is 33.5 Å². The third kappa shape index (κ3) is 5.04. The third-order valence-corrected chi connectivity index (χ3v) is 3.15. The first-order valence-electron chi connectivity index (χ1n) is 6.47. The normalized spacial score (nSPS) is 16.5. The van der Waals surface area contributed by atoms with E-state index >= 15 is 0 Å². The standard InChI is InChI=1S/C12H22N2O5/c1-18-8-9-19-7-3-6-13-11(17)14-12(10(15)16)4-2-5-12/h2-9H2,1H3,(H,15,16)(H2,13,14,17). The second kappa shape index (κ2) is 7.96. The quantitative estimate of drug-likeness (QED) is 0.527. The van der Waals surface area contributed by atoms with Crippen LogP contribution in [0, 0.1) is 0 Å². The highest BCUT2D eigenvalue weighted by molar-refractivity contribution is 5.87. The summed E-state index contributed by atoms with van der Waals surface area (Å²) in [5.41, 5.74) is -1.06. The lowest BCUT2D eigenvalue weighted by Crippen LogP contribution is -2.61. The maximum absolute atomic E-state index is 11.5. The molecule has 3 N–H and O–H groups in total. The van der Waals surface area contributed by atoms with E-state index in [1.165, 1.54) is 0 Å². The van der Waals surface area contributed by atoms with Gasteiger partial charge in [0, 0.05) is 20.3 Å². The van der Waals surface area contributed by atoms with Crippen LogP contribution < -0.4 is 10.6 Å². The zero-order valence-corrected chi connectivity index (χ0v) is 11.2. The molecule has 0 unspecified atom stereocenters. The number of methoxy groups -OCH3 is 1. The van der Waals surface area contributed by atoms with E-state index in [-0.39, 0.29) is 0 Å². The predicted octanol–water partition coefficient (Wildman–Crippen LogP) is 0.346. The molecule has 0 saturated heterocycles. The summed E-state index contributed by atoms with van der Waals surface area (Å²) in [6, 6.07) is -0.431. The second-order valence-corrected chi connectivity index (χ2v) is 4.58. The molecule has 2 amide bonds. The number of aliphatic carboxylic acids is 1. The van der Waals surface area contributed by atoms with Gasteiger partial charge in [0.1, 0.15) is 5.54 Å². The van der Waals surface area contributed by atoms with Crippen LogP contribution in [0.2, 0.25) is 0 Å². The van der Waals surface area contributed by atoms with Gasteiger partial charge in [0.15, 0.2) is 0 Å². The number of hydrogen-bond donors (Lipinski definition) is 3. The molecule has 0 aromatic rings. The van der Waals surface area contributed by atoms with Crippen molar-refractivity contribution in [2.45, 2.75) is 31.2 Å². The molecule has 110 valence electrons. The molecule has 1 fully saturated rings. The lowest BCUT2D eigenvalue weighted by molar-refractivity contribution is -0.148. The minimum absolute atomic E-state index is 0.431. The minimum Gasteiger partial charge on any atom is -0.480 e. The van der Waals surface area contributed by atoms with Crippen molar-refractivity contribution in [3.05, 3.63) is 0 Å². The SMILES string of the molecule is COCCOCCCNC(=O)NC1(C(=O)O)CCC1. The first-order valence-corrected chi connectivity index (χ1v) is 6.47. The van der Waals surface area contributed by atoms with E-state index in [0.29, 0.717) is 45.6 Å². The monoisotopic (exact) mass is 274 g/mol. The maximum atomic E-state index is 11.5. The largest absolute Gasteiger partial charge is 0.480 e. The van der Waals surface area contributed by atoms with Gasteiger partial charge in [0.25, 0.3) is 0 Å². The van der Waals surface area contributed by atoms with Gasteiger partial charge in [0.05, 0.1) is 13.2 Å². The van der Waals surface area contributed by atoms with E-state index in [4.69, 9.17) is 14.6 Å². The lowest BCUT2D eigenvalue weighted by Gasteiger charge is -2.38. The Kier molecular flexibility index (Phi) is 6.58. The first-order chi connectivity index (χ1) is 9.10. The Hall–Kier alpha value is -1.34. The highest BCUT2D eigenvalue weighted by Crippen LogP contribution is 2.31. The van der Waals surface area contributed by atoms with E-state index in [0.717, 1.165) is 6.42 Å². The van der Waals surface area contributed by atoms with Crippen LogP contribution in [-0.4, -0.2) is 56.1 Å². The number of carbonyl (C=O) groups is 2. The Labute approximate surface area is 112 Å². The molecule has 0 bridgehead atoms. The summed E-state index contributed by atoms with van der Waals surface area (Å²) in [6.07, 6.45) is 2.50. The molecule has 7 nitrogen and oxygen atoms in total. The number of ether oxygens (including phenoxy) is 2. The Morgan fingerprint density at radius 3 is 2.53 bits per heavy atom. The maximum Gasteiger partial charge on any atom is 0.329 e. The van der Waals surface area contributed by atoms with Crippen molar-refractivity contribution >= 4 is 12.0 Å². The van der Waals surface area contributed by atoms with Crippen LogP contribution in [0.15, 0.2) is 0 Å². The van der Waals surface area contributed by atoms with Gasteiger partial charge in [-0.15, -0.1) is 0 Å². The molecule has 1 aliphatic carbocycles. The molecule has 0 aliphatic heterocycles. The number of hydrogen-bond acceptors (Lipinski definition) is 4. The number of urea groups is 1. The fourth-order valence-electron chi connectivity index (χ4n) is 1.80.